The third kappa shape index (κ3) is 2.64. The van der Waals surface area contributed by atoms with E-state index in [4.69, 9.17) is 0 Å². The fourth-order valence-corrected chi connectivity index (χ4v) is 3.44. The van der Waals surface area contributed by atoms with Crippen LogP contribution in [0.3, 0.4) is 0 Å². The van der Waals surface area contributed by atoms with Crippen LogP contribution in [0.1, 0.15) is 42.9 Å². The van der Waals surface area contributed by atoms with Crippen LogP contribution in [0.25, 0.3) is 0 Å². The summed E-state index contributed by atoms with van der Waals surface area (Å²) >= 11 is 0. The van der Waals surface area contributed by atoms with Crippen molar-refractivity contribution < 1.29 is 0 Å². The summed E-state index contributed by atoms with van der Waals surface area (Å²) in [5, 5.41) is 3.77. The molecule has 2 aromatic rings. The molecule has 0 saturated heterocycles. The SMILES string of the molecule is CC(C)N[C@@H]1CCc2ccccc2[C@H]1c1ccccc1. The molecule has 1 N–H and O–H groups in total. The topological polar surface area (TPSA) is 12.0 Å². The van der Waals surface area contributed by atoms with E-state index >= 15 is 0 Å². The predicted molar refractivity (Wildman–Crippen MR) is 85.1 cm³/mol. The van der Waals surface area contributed by atoms with Gasteiger partial charge in [0.25, 0.3) is 0 Å². The maximum atomic E-state index is 3.77. The van der Waals surface area contributed by atoms with Crippen LogP contribution in [-0.2, 0) is 6.42 Å². The second-order valence-corrected chi connectivity index (χ2v) is 6.05. The van der Waals surface area contributed by atoms with Gasteiger partial charge in [0.1, 0.15) is 0 Å². The first-order chi connectivity index (χ1) is 9.75. The molecule has 0 fully saturated rings. The zero-order valence-corrected chi connectivity index (χ0v) is 12.3. The van der Waals surface area contributed by atoms with Crippen molar-refractivity contribution in [2.45, 2.75) is 44.7 Å². The van der Waals surface area contributed by atoms with Crippen LogP contribution in [0.5, 0.6) is 0 Å². The smallest absolute Gasteiger partial charge is 0.0246 e. The molecular weight excluding hydrogens is 242 g/mol. The summed E-state index contributed by atoms with van der Waals surface area (Å²) in [5.74, 6) is 0.476. The van der Waals surface area contributed by atoms with Crippen LogP contribution in [0, 0.1) is 0 Å². The van der Waals surface area contributed by atoms with Gasteiger partial charge in [0.2, 0.25) is 0 Å². The number of hydrogen-bond donors (Lipinski definition) is 1. The van der Waals surface area contributed by atoms with Gasteiger partial charge in [-0.05, 0) is 29.5 Å². The molecule has 0 bridgehead atoms. The van der Waals surface area contributed by atoms with Crippen LogP contribution in [0.2, 0.25) is 0 Å². The number of hydrogen-bond acceptors (Lipinski definition) is 1. The van der Waals surface area contributed by atoms with E-state index < -0.39 is 0 Å². The van der Waals surface area contributed by atoms with E-state index in [1.807, 2.05) is 0 Å². The monoisotopic (exact) mass is 265 g/mol. The summed E-state index contributed by atoms with van der Waals surface area (Å²) in [4.78, 5) is 0. The second-order valence-electron chi connectivity index (χ2n) is 6.05. The van der Waals surface area contributed by atoms with E-state index in [0.29, 0.717) is 18.0 Å². The Morgan fingerprint density at radius 3 is 2.40 bits per heavy atom. The molecule has 0 aromatic heterocycles. The van der Waals surface area contributed by atoms with Crippen molar-refractivity contribution in [1.29, 1.82) is 0 Å². The van der Waals surface area contributed by atoms with Crippen LogP contribution < -0.4 is 5.32 Å². The molecule has 0 aliphatic heterocycles. The summed E-state index contributed by atoms with van der Waals surface area (Å²) in [6.07, 6.45) is 2.40. The number of benzene rings is 2. The predicted octanol–water partition coefficient (Wildman–Crippen LogP) is 4.13. The van der Waals surface area contributed by atoms with Crippen molar-refractivity contribution in [3.05, 3.63) is 71.3 Å². The molecule has 1 aliphatic carbocycles. The quantitative estimate of drug-likeness (QED) is 0.880. The summed E-state index contributed by atoms with van der Waals surface area (Å²) in [5.41, 5.74) is 4.45. The summed E-state index contributed by atoms with van der Waals surface area (Å²) in [6.45, 7) is 4.48. The Hall–Kier alpha value is -1.60. The standard InChI is InChI=1S/C19H23N/c1-14(2)20-18-13-12-15-8-6-7-11-17(15)19(18)16-9-4-3-5-10-16/h3-11,14,18-20H,12-13H2,1-2H3/t18-,19-/m1/s1. The van der Waals surface area contributed by atoms with Crippen molar-refractivity contribution in [1.82, 2.24) is 5.32 Å². The molecule has 0 heterocycles. The molecule has 2 aromatic carbocycles. The largest absolute Gasteiger partial charge is 0.311 e. The van der Waals surface area contributed by atoms with Crippen molar-refractivity contribution in [2.75, 3.05) is 0 Å². The molecule has 2 atom stereocenters. The Morgan fingerprint density at radius 2 is 1.65 bits per heavy atom. The molecule has 0 saturated carbocycles. The minimum atomic E-state index is 0.476. The Morgan fingerprint density at radius 1 is 0.950 bits per heavy atom. The van der Waals surface area contributed by atoms with Gasteiger partial charge in [0, 0.05) is 18.0 Å². The first kappa shape index (κ1) is 13.4. The van der Waals surface area contributed by atoms with Gasteiger partial charge in [0.05, 0.1) is 0 Å². The molecule has 0 unspecified atom stereocenters. The zero-order valence-electron chi connectivity index (χ0n) is 12.3. The first-order valence-corrected chi connectivity index (χ1v) is 7.64. The Kier molecular flexibility index (Phi) is 3.88. The van der Waals surface area contributed by atoms with Gasteiger partial charge in [-0.2, -0.15) is 0 Å². The van der Waals surface area contributed by atoms with Gasteiger partial charge in [0.15, 0.2) is 0 Å². The normalized spacial score (nSPS) is 21.8. The lowest BCUT2D eigenvalue weighted by Crippen LogP contribution is -2.42. The van der Waals surface area contributed by atoms with E-state index in [9.17, 15) is 0 Å². The average molecular weight is 265 g/mol. The van der Waals surface area contributed by atoms with Gasteiger partial charge in [-0.15, -0.1) is 0 Å². The highest BCUT2D eigenvalue weighted by Gasteiger charge is 2.30. The fraction of sp³-hybridized carbons (Fsp3) is 0.368. The first-order valence-electron chi connectivity index (χ1n) is 7.64. The highest BCUT2D eigenvalue weighted by molar-refractivity contribution is 5.41. The van der Waals surface area contributed by atoms with Gasteiger partial charge in [-0.25, -0.2) is 0 Å². The molecule has 0 amide bonds. The summed E-state index contributed by atoms with van der Waals surface area (Å²) < 4.78 is 0. The zero-order chi connectivity index (χ0) is 13.9. The molecule has 0 spiro atoms. The molecule has 1 nitrogen and oxygen atoms in total. The minimum absolute atomic E-state index is 0.476. The lowest BCUT2D eigenvalue weighted by Gasteiger charge is -2.36. The maximum absolute atomic E-state index is 3.77. The third-order valence-electron chi connectivity index (χ3n) is 4.22. The minimum Gasteiger partial charge on any atom is -0.311 e. The van der Waals surface area contributed by atoms with Gasteiger partial charge < -0.3 is 5.32 Å². The molecule has 1 heteroatoms. The second kappa shape index (κ2) is 5.80. The van der Waals surface area contributed by atoms with Crippen molar-refractivity contribution in [2.24, 2.45) is 0 Å². The summed E-state index contributed by atoms with van der Waals surface area (Å²) in [7, 11) is 0. The van der Waals surface area contributed by atoms with Gasteiger partial charge >= 0.3 is 0 Å². The van der Waals surface area contributed by atoms with Crippen LogP contribution in [0.15, 0.2) is 54.6 Å². The lowest BCUT2D eigenvalue weighted by atomic mass is 9.75. The van der Waals surface area contributed by atoms with E-state index in [2.05, 4.69) is 73.8 Å². The summed E-state index contributed by atoms with van der Waals surface area (Å²) in [6, 6.07) is 20.9. The third-order valence-corrected chi connectivity index (χ3v) is 4.22. The van der Waals surface area contributed by atoms with E-state index in [1.165, 1.54) is 29.5 Å². The maximum Gasteiger partial charge on any atom is 0.0246 e. The van der Waals surface area contributed by atoms with E-state index in [0.717, 1.165) is 0 Å². The molecular formula is C19H23N. The van der Waals surface area contributed by atoms with Crippen LogP contribution >= 0.6 is 0 Å². The van der Waals surface area contributed by atoms with E-state index in [1.54, 1.807) is 0 Å². The molecule has 20 heavy (non-hydrogen) atoms. The average Bonchev–Trinajstić information content (AvgIpc) is 2.47. The Labute approximate surface area is 122 Å². The highest BCUT2D eigenvalue weighted by Crippen LogP contribution is 2.36. The van der Waals surface area contributed by atoms with Gasteiger partial charge in [-0.3, -0.25) is 0 Å². The molecule has 0 radical (unpaired) electrons. The van der Waals surface area contributed by atoms with Crippen molar-refractivity contribution in [3.63, 3.8) is 0 Å². The van der Waals surface area contributed by atoms with Crippen LogP contribution in [0.4, 0.5) is 0 Å². The van der Waals surface area contributed by atoms with Gasteiger partial charge in [-0.1, -0.05) is 68.4 Å². The fourth-order valence-electron chi connectivity index (χ4n) is 3.44. The number of rotatable bonds is 3. The van der Waals surface area contributed by atoms with Crippen LogP contribution in [-0.4, -0.2) is 12.1 Å². The Balaban J connectivity index is 2.03. The number of fused-ring (bicyclic) bond motifs is 1. The van der Waals surface area contributed by atoms with Crippen molar-refractivity contribution >= 4 is 0 Å². The highest BCUT2D eigenvalue weighted by atomic mass is 14.9. The lowest BCUT2D eigenvalue weighted by molar-refractivity contribution is 0.388. The molecule has 104 valence electrons. The Bertz CT molecular complexity index is 559. The number of aryl methyl sites for hydroxylation is 1. The van der Waals surface area contributed by atoms with Crippen molar-refractivity contribution in [3.8, 4) is 0 Å². The van der Waals surface area contributed by atoms with E-state index in [-0.39, 0.29) is 0 Å². The molecule has 1 aliphatic rings. The molecule has 3 rings (SSSR count). The number of nitrogens with one attached hydrogen (secondary N) is 1.